The van der Waals surface area contributed by atoms with E-state index in [-0.39, 0.29) is 0 Å². The van der Waals surface area contributed by atoms with Crippen molar-refractivity contribution in [2.75, 3.05) is 19.8 Å². The second-order valence-corrected chi connectivity index (χ2v) is 8.03. The lowest BCUT2D eigenvalue weighted by molar-refractivity contribution is 0.0861. The van der Waals surface area contributed by atoms with Crippen LogP contribution in [0, 0.1) is 11.8 Å². The maximum absolute atomic E-state index is 6.07. The van der Waals surface area contributed by atoms with Crippen LogP contribution in [-0.4, -0.2) is 39.7 Å². The van der Waals surface area contributed by atoms with Crippen LogP contribution in [0.25, 0.3) is 0 Å². The topological polar surface area (TPSA) is 56.3 Å². The first-order chi connectivity index (χ1) is 12.3. The molecule has 0 bridgehead atoms. The summed E-state index contributed by atoms with van der Waals surface area (Å²) in [7, 11) is 0. The van der Waals surface area contributed by atoms with Crippen LogP contribution in [0.1, 0.15) is 48.6 Å². The van der Waals surface area contributed by atoms with E-state index in [2.05, 4.69) is 19.9 Å². The van der Waals surface area contributed by atoms with Crippen molar-refractivity contribution in [3.63, 3.8) is 0 Å². The van der Waals surface area contributed by atoms with Crippen LogP contribution in [-0.2, 0) is 24.4 Å². The normalized spacial score (nSPS) is 23.8. The van der Waals surface area contributed by atoms with Gasteiger partial charge in [0.1, 0.15) is 5.69 Å². The Bertz CT molecular complexity index is 703. The highest BCUT2D eigenvalue weighted by molar-refractivity contribution is 5.21. The summed E-state index contributed by atoms with van der Waals surface area (Å²) in [5, 5.41) is 9.00. The Labute approximate surface area is 148 Å². The summed E-state index contributed by atoms with van der Waals surface area (Å²) in [4.78, 5) is 2.44. The molecule has 3 heterocycles. The number of furan rings is 1. The molecule has 2 aliphatic carbocycles. The lowest BCUT2D eigenvalue weighted by Crippen LogP contribution is -2.36. The van der Waals surface area contributed by atoms with E-state index < -0.39 is 0 Å². The minimum absolute atomic E-state index is 0.364. The van der Waals surface area contributed by atoms with Gasteiger partial charge in [-0.3, -0.25) is 4.90 Å². The predicted octanol–water partition coefficient (Wildman–Crippen LogP) is 2.81. The molecule has 2 aromatic rings. The van der Waals surface area contributed by atoms with Gasteiger partial charge in [0.05, 0.1) is 24.8 Å². The molecule has 2 fully saturated rings. The third kappa shape index (κ3) is 3.65. The number of ether oxygens (including phenoxy) is 1. The molecule has 134 valence electrons. The van der Waals surface area contributed by atoms with Gasteiger partial charge in [-0.25, -0.2) is 4.68 Å². The number of aromatic nitrogens is 3. The van der Waals surface area contributed by atoms with Crippen LogP contribution in [0.4, 0.5) is 0 Å². The number of hydrogen-bond donors (Lipinski definition) is 0. The van der Waals surface area contributed by atoms with E-state index in [9.17, 15) is 0 Å². The van der Waals surface area contributed by atoms with Crippen LogP contribution in [0.3, 0.4) is 0 Å². The Morgan fingerprint density at radius 3 is 2.80 bits per heavy atom. The molecular weight excluding hydrogens is 316 g/mol. The van der Waals surface area contributed by atoms with Crippen molar-refractivity contribution in [1.29, 1.82) is 0 Å². The standard InChI is InChI=1S/C19H26N4O2/c1-2-14(1)8-23-19-17(13-25-11-15-3-4-15)9-22(10-18(19)20-21-23)7-16-5-6-24-12-16/h5-6,12,14-15,17H,1-4,7-11,13H2/t17-/m0/s1. The first-order valence-corrected chi connectivity index (χ1v) is 9.58. The van der Waals surface area contributed by atoms with Crippen molar-refractivity contribution in [2.45, 2.75) is 51.2 Å². The fraction of sp³-hybridized carbons (Fsp3) is 0.684. The summed E-state index contributed by atoms with van der Waals surface area (Å²) in [5.41, 5.74) is 3.67. The van der Waals surface area contributed by atoms with Crippen LogP contribution >= 0.6 is 0 Å². The summed E-state index contributed by atoms with van der Waals surface area (Å²) in [6.45, 7) is 5.49. The smallest absolute Gasteiger partial charge is 0.100 e. The quantitative estimate of drug-likeness (QED) is 0.738. The zero-order valence-corrected chi connectivity index (χ0v) is 14.6. The molecule has 0 aromatic carbocycles. The third-order valence-electron chi connectivity index (χ3n) is 5.57. The van der Waals surface area contributed by atoms with Crippen molar-refractivity contribution in [1.82, 2.24) is 19.9 Å². The summed E-state index contributed by atoms with van der Waals surface area (Å²) in [6, 6.07) is 2.04. The van der Waals surface area contributed by atoms with Crippen LogP contribution < -0.4 is 0 Å². The second-order valence-electron chi connectivity index (χ2n) is 8.03. The zero-order chi connectivity index (χ0) is 16.6. The minimum Gasteiger partial charge on any atom is -0.472 e. The van der Waals surface area contributed by atoms with Gasteiger partial charge in [-0.05, 0) is 43.6 Å². The van der Waals surface area contributed by atoms with Gasteiger partial charge < -0.3 is 9.15 Å². The van der Waals surface area contributed by atoms with Gasteiger partial charge in [0.25, 0.3) is 0 Å². The Hall–Kier alpha value is -1.66. The van der Waals surface area contributed by atoms with E-state index in [1.54, 1.807) is 6.26 Å². The monoisotopic (exact) mass is 342 g/mol. The summed E-state index contributed by atoms with van der Waals surface area (Å²) >= 11 is 0. The summed E-state index contributed by atoms with van der Waals surface area (Å²) in [5.74, 6) is 1.98. The average Bonchev–Trinajstić information content (AvgIpc) is 3.51. The molecule has 2 aromatic heterocycles. The molecule has 0 radical (unpaired) electrons. The zero-order valence-electron chi connectivity index (χ0n) is 14.6. The number of hydrogen-bond acceptors (Lipinski definition) is 5. The molecule has 0 unspecified atom stereocenters. The van der Waals surface area contributed by atoms with E-state index in [1.165, 1.54) is 36.9 Å². The van der Waals surface area contributed by atoms with E-state index in [0.29, 0.717) is 5.92 Å². The van der Waals surface area contributed by atoms with Gasteiger partial charge in [-0.15, -0.1) is 5.10 Å². The molecule has 2 saturated carbocycles. The van der Waals surface area contributed by atoms with Crippen molar-refractivity contribution in [3.8, 4) is 0 Å². The van der Waals surface area contributed by atoms with Gasteiger partial charge in [0, 0.05) is 44.3 Å². The number of fused-ring (bicyclic) bond motifs is 1. The third-order valence-corrected chi connectivity index (χ3v) is 5.57. The maximum atomic E-state index is 6.07. The highest BCUT2D eigenvalue weighted by Gasteiger charge is 2.33. The largest absolute Gasteiger partial charge is 0.472 e. The van der Waals surface area contributed by atoms with Crippen LogP contribution in [0.15, 0.2) is 23.0 Å². The Morgan fingerprint density at radius 1 is 1.16 bits per heavy atom. The van der Waals surface area contributed by atoms with Gasteiger partial charge in [-0.2, -0.15) is 0 Å². The molecule has 1 atom stereocenters. The molecule has 0 saturated heterocycles. The van der Waals surface area contributed by atoms with Gasteiger partial charge in [-0.1, -0.05) is 5.21 Å². The van der Waals surface area contributed by atoms with Crippen molar-refractivity contribution < 1.29 is 9.15 Å². The molecule has 6 nitrogen and oxygen atoms in total. The highest BCUT2D eigenvalue weighted by Crippen LogP contribution is 2.35. The average molecular weight is 342 g/mol. The molecule has 1 aliphatic heterocycles. The molecule has 0 amide bonds. The summed E-state index contributed by atoms with van der Waals surface area (Å²) < 4.78 is 13.5. The molecule has 25 heavy (non-hydrogen) atoms. The van der Waals surface area contributed by atoms with E-state index >= 15 is 0 Å². The molecule has 0 N–H and O–H groups in total. The van der Waals surface area contributed by atoms with E-state index in [0.717, 1.165) is 56.9 Å². The molecule has 3 aliphatic rings. The van der Waals surface area contributed by atoms with E-state index in [1.807, 2.05) is 12.3 Å². The lowest BCUT2D eigenvalue weighted by Gasteiger charge is -2.32. The maximum Gasteiger partial charge on any atom is 0.100 e. The van der Waals surface area contributed by atoms with Crippen molar-refractivity contribution >= 4 is 0 Å². The van der Waals surface area contributed by atoms with Gasteiger partial charge in [0.15, 0.2) is 0 Å². The molecule has 0 spiro atoms. The fourth-order valence-electron chi connectivity index (χ4n) is 3.82. The molecule has 5 rings (SSSR count). The van der Waals surface area contributed by atoms with Crippen molar-refractivity contribution in [3.05, 3.63) is 35.5 Å². The fourth-order valence-corrected chi connectivity index (χ4v) is 3.82. The lowest BCUT2D eigenvalue weighted by atomic mass is 9.98. The van der Waals surface area contributed by atoms with Crippen molar-refractivity contribution in [2.24, 2.45) is 11.8 Å². The van der Waals surface area contributed by atoms with Crippen LogP contribution in [0.5, 0.6) is 0 Å². The Morgan fingerprint density at radius 2 is 2.04 bits per heavy atom. The van der Waals surface area contributed by atoms with Gasteiger partial charge in [0.2, 0.25) is 0 Å². The minimum atomic E-state index is 0.364. The second kappa shape index (κ2) is 6.57. The SMILES string of the molecule is c1cc(CN2Cc3nnn(CC4CC4)c3[C@H](COCC3CC3)C2)co1. The molecular formula is C19H26N4O2. The van der Waals surface area contributed by atoms with Crippen LogP contribution in [0.2, 0.25) is 0 Å². The predicted molar refractivity (Wildman–Crippen MR) is 91.9 cm³/mol. The highest BCUT2D eigenvalue weighted by atomic mass is 16.5. The van der Waals surface area contributed by atoms with Gasteiger partial charge >= 0.3 is 0 Å². The first-order valence-electron chi connectivity index (χ1n) is 9.58. The Balaban J connectivity index is 1.32. The first kappa shape index (κ1) is 15.6. The molecule has 6 heteroatoms. The number of nitrogens with zero attached hydrogens (tertiary/aromatic N) is 4. The summed E-state index contributed by atoms with van der Waals surface area (Å²) in [6.07, 6.45) is 8.92. The Kier molecular flexibility index (Phi) is 4.10. The van der Waals surface area contributed by atoms with E-state index in [4.69, 9.17) is 9.15 Å². The number of rotatable bonds is 8.